The van der Waals surface area contributed by atoms with Crippen molar-refractivity contribution < 1.29 is 22.3 Å². The van der Waals surface area contributed by atoms with Crippen LogP contribution in [0.4, 0.5) is 0 Å². The summed E-state index contributed by atoms with van der Waals surface area (Å²) in [5.74, 6) is 1.47. The van der Waals surface area contributed by atoms with Crippen molar-refractivity contribution >= 4 is 32.8 Å². The van der Waals surface area contributed by atoms with Gasteiger partial charge in [0.15, 0.2) is 11.5 Å². The molecular formula is C25H23NO5S2. The van der Waals surface area contributed by atoms with Gasteiger partial charge >= 0.3 is 0 Å². The summed E-state index contributed by atoms with van der Waals surface area (Å²) in [7, 11) is -3.84. The number of furan rings is 1. The Morgan fingerprint density at radius 1 is 1.00 bits per heavy atom. The SMILES string of the molecule is CSc1ccccc1[C@@H](c1cc2ccccc2o1)C1CCOc2cc(S(N)(=O)=O)ccc2O1. The standard InChI is InChI=1S/C25H23NO5S2/c1-32-24-9-5-3-7-18(24)25(23-14-16-6-2-4-8-19(16)30-23)21-12-13-29-22-15-17(33(26,27)28)10-11-20(22)31-21/h2-11,14-15,21,25H,12-13H2,1H3,(H2,26,27,28)/t21?,25-/m1/s1. The Labute approximate surface area is 196 Å². The highest BCUT2D eigenvalue weighted by molar-refractivity contribution is 7.98. The van der Waals surface area contributed by atoms with Crippen LogP contribution in [0.3, 0.4) is 0 Å². The molecule has 0 saturated carbocycles. The van der Waals surface area contributed by atoms with Crippen molar-refractivity contribution in [1.29, 1.82) is 0 Å². The number of nitrogens with two attached hydrogens (primary N) is 1. The molecule has 33 heavy (non-hydrogen) atoms. The average molecular weight is 482 g/mol. The van der Waals surface area contributed by atoms with Crippen LogP contribution in [0.15, 0.2) is 87.0 Å². The van der Waals surface area contributed by atoms with E-state index in [1.807, 2.05) is 36.4 Å². The molecule has 0 spiro atoms. The Bertz CT molecular complexity index is 1380. The number of sulfonamides is 1. The molecule has 1 aliphatic heterocycles. The fourth-order valence-electron chi connectivity index (χ4n) is 4.23. The van der Waals surface area contributed by atoms with Crippen molar-refractivity contribution in [3.05, 3.63) is 84.1 Å². The van der Waals surface area contributed by atoms with E-state index >= 15 is 0 Å². The summed E-state index contributed by atoms with van der Waals surface area (Å²) in [5, 5.41) is 6.32. The van der Waals surface area contributed by atoms with Gasteiger partial charge in [0.1, 0.15) is 17.4 Å². The number of thioether (sulfide) groups is 1. The van der Waals surface area contributed by atoms with Gasteiger partial charge in [-0.25, -0.2) is 13.6 Å². The van der Waals surface area contributed by atoms with Gasteiger partial charge < -0.3 is 13.9 Å². The Kier molecular flexibility index (Phi) is 5.82. The highest BCUT2D eigenvalue weighted by atomic mass is 32.2. The van der Waals surface area contributed by atoms with Crippen LogP contribution in [0, 0.1) is 0 Å². The van der Waals surface area contributed by atoms with Crippen LogP contribution in [-0.2, 0) is 10.0 Å². The lowest BCUT2D eigenvalue weighted by Crippen LogP contribution is -2.27. The highest BCUT2D eigenvalue weighted by Gasteiger charge is 2.34. The van der Waals surface area contributed by atoms with E-state index in [9.17, 15) is 8.42 Å². The van der Waals surface area contributed by atoms with Gasteiger partial charge in [-0.2, -0.15) is 0 Å². The zero-order valence-electron chi connectivity index (χ0n) is 17.9. The van der Waals surface area contributed by atoms with E-state index in [4.69, 9.17) is 19.0 Å². The number of benzene rings is 3. The molecule has 6 nitrogen and oxygen atoms in total. The topological polar surface area (TPSA) is 91.8 Å². The van der Waals surface area contributed by atoms with Gasteiger partial charge in [-0.15, -0.1) is 11.8 Å². The van der Waals surface area contributed by atoms with Crippen LogP contribution in [0.25, 0.3) is 11.0 Å². The lowest BCUT2D eigenvalue weighted by Gasteiger charge is -2.26. The van der Waals surface area contributed by atoms with Gasteiger partial charge in [0.05, 0.1) is 17.4 Å². The summed E-state index contributed by atoms with van der Waals surface area (Å²) >= 11 is 1.68. The molecule has 0 bridgehead atoms. The van der Waals surface area contributed by atoms with Crippen molar-refractivity contribution in [1.82, 2.24) is 0 Å². The maximum Gasteiger partial charge on any atom is 0.238 e. The normalized spacial score (nSPS) is 17.0. The first-order valence-electron chi connectivity index (χ1n) is 10.5. The first kappa shape index (κ1) is 21.9. The Morgan fingerprint density at radius 2 is 1.79 bits per heavy atom. The molecule has 2 atom stereocenters. The van der Waals surface area contributed by atoms with E-state index in [1.165, 1.54) is 12.1 Å². The minimum Gasteiger partial charge on any atom is -0.490 e. The van der Waals surface area contributed by atoms with Crippen molar-refractivity contribution in [2.75, 3.05) is 12.9 Å². The molecule has 2 N–H and O–H groups in total. The zero-order valence-corrected chi connectivity index (χ0v) is 19.6. The third kappa shape index (κ3) is 4.34. The number of para-hydroxylation sites is 1. The molecule has 0 radical (unpaired) electrons. The number of primary sulfonamides is 1. The second-order valence-corrected chi connectivity index (χ2v) is 10.3. The van der Waals surface area contributed by atoms with E-state index in [0.29, 0.717) is 24.5 Å². The lowest BCUT2D eigenvalue weighted by molar-refractivity contribution is 0.164. The van der Waals surface area contributed by atoms with Gasteiger partial charge in [-0.1, -0.05) is 36.4 Å². The van der Waals surface area contributed by atoms with E-state index in [1.54, 1.807) is 17.8 Å². The molecule has 1 aromatic heterocycles. The van der Waals surface area contributed by atoms with Crippen LogP contribution in [-0.4, -0.2) is 27.4 Å². The molecule has 1 unspecified atom stereocenters. The van der Waals surface area contributed by atoms with Crippen LogP contribution in [0.2, 0.25) is 0 Å². The minimum atomic E-state index is -3.84. The summed E-state index contributed by atoms with van der Waals surface area (Å²) < 4.78 is 42.2. The third-order valence-electron chi connectivity index (χ3n) is 5.78. The minimum absolute atomic E-state index is 0.00939. The van der Waals surface area contributed by atoms with E-state index in [-0.39, 0.29) is 16.9 Å². The van der Waals surface area contributed by atoms with E-state index in [0.717, 1.165) is 27.2 Å². The lowest BCUT2D eigenvalue weighted by atomic mass is 9.89. The van der Waals surface area contributed by atoms with Crippen LogP contribution in [0.1, 0.15) is 23.7 Å². The Hall–Kier alpha value is -2.94. The summed E-state index contributed by atoms with van der Waals surface area (Å²) in [6, 6.07) is 22.7. The predicted molar refractivity (Wildman–Crippen MR) is 129 cm³/mol. The molecule has 0 aliphatic carbocycles. The number of fused-ring (bicyclic) bond motifs is 2. The molecule has 0 fully saturated rings. The fourth-order valence-corrected chi connectivity index (χ4v) is 5.41. The molecule has 4 aromatic rings. The average Bonchev–Trinajstić information content (AvgIpc) is 3.11. The maximum absolute atomic E-state index is 11.8. The smallest absolute Gasteiger partial charge is 0.238 e. The molecule has 8 heteroatoms. The van der Waals surface area contributed by atoms with E-state index < -0.39 is 10.0 Å². The van der Waals surface area contributed by atoms with Crippen molar-refractivity contribution in [2.45, 2.75) is 28.2 Å². The molecule has 0 amide bonds. The fraction of sp³-hybridized carbons (Fsp3) is 0.200. The van der Waals surface area contributed by atoms with Crippen LogP contribution < -0.4 is 14.6 Å². The van der Waals surface area contributed by atoms with E-state index in [2.05, 4.69) is 24.5 Å². The highest BCUT2D eigenvalue weighted by Crippen LogP contribution is 2.42. The number of hydrogen-bond acceptors (Lipinski definition) is 6. The monoisotopic (exact) mass is 481 g/mol. The summed E-state index contributed by atoms with van der Waals surface area (Å²) in [4.78, 5) is 1.13. The quantitative estimate of drug-likeness (QED) is 0.396. The predicted octanol–water partition coefficient (Wildman–Crippen LogP) is 5.16. The first-order chi connectivity index (χ1) is 15.9. The summed E-state index contributed by atoms with van der Waals surface area (Å²) in [5.41, 5.74) is 1.93. The second kappa shape index (κ2) is 8.78. The van der Waals surface area contributed by atoms with Gasteiger partial charge in [0.25, 0.3) is 0 Å². The molecule has 5 rings (SSSR count). The molecule has 1 aliphatic rings. The Morgan fingerprint density at radius 3 is 2.58 bits per heavy atom. The number of ether oxygens (including phenoxy) is 2. The molecule has 3 aromatic carbocycles. The second-order valence-electron chi connectivity index (χ2n) is 7.85. The summed E-state index contributed by atoms with van der Waals surface area (Å²) in [6.45, 7) is 0.365. The molecule has 0 saturated heterocycles. The third-order valence-corrected chi connectivity index (χ3v) is 7.50. The maximum atomic E-state index is 11.8. The van der Waals surface area contributed by atoms with Gasteiger partial charge in [0.2, 0.25) is 10.0 Å². The number of hydrogen-bond donors (Lipinski definition) is 1. The zero-order chi connectivity index (χ0) is 23.0. The van der Waals surface area contributed by atoms with Gasteiger partial charge in [-0.05, 0) is 42.2 Å². The molecular weight excluding hydrogens is 458 g/mol. The number of rotatable bonds is 5. The molecule has 170 valence electrons. The van der Waals surface area contributed by atoms with Gasteiger partial charge in [-0.3, -0.25) is 0 Å². The van der Waals surface area contributed by atoms with Crippen molar-refractivity contribution in [2.24, 2.45) is 5.14 Å². The largest absolute Gasteiger partial charge is 0.490 e. The molecule has 2 heterocycles. The van der Waals surface area contributed by atoms with Crippen molar-refractivity contribution in [3.63, 3.8) is 0 Å². The summed E-state index contributed by atoms with van der Waals surface area (Å²) in [6.07, 6.45) is 2.35. The van der Waals surface area contributed by atoms with Crippen molar-refractivity contribution in [3.8, 4) is 11.5 Å². The van der Waals surface area contributed by atoms with Gasteiger partial charge in [0, 0.05) is 22.8 Å². The Balaban J connectivity index is 1.61. The first-order valence-corrected chi connectivity index (χ1v) is 13.3. The van der Waals surface area contributed by atoms with Crippen LogP contribution >= 0.6 is 11.8 Å². The van der Waals surface area contributed by atoms with Crippen LogP contribution in [0.5, 0.6) is 11.5 Å².